The van der Waals surface area contributed by atoms with Crippen LogP contribution in [0, 0.1) is 5.41 Å². The summed E-state index contributed by atoms with van der Waals surface area (Å²) in [5.41, 5.74) is 8.10. The van der Waals surface area contributed by atoms with Gasteiger partial charge in [0.1, 0.15) is 36.3 Å². The van der Waals surface area contributed by atoms with Crippen molar-refractivity contribution in [2.45, 2.75) is 94.7 Å². The SMILES string of the molecule is CC(=O)[C@@H]1CSSCC[C@@H]2NC(=O)N(C2=O)[C@H](C)C(=O)N[C@@H](Cc2cnc[nH]2)C(=O)N[C@H](Cc2ccccc2)C(=O)N[C@@H](CCCNC(=N)N)C(=O)N[C@@H](Cc2c[nH]c3ccccc23)C(=O)N1. The summed E-state index contributed by atoms with van der Waals surface area (Å²) in [6.45, 7) is 2.86. The van der Waals surface area contributed by atoms with Gasteiger partial charge in [0, 0.05) is 66.3 Å². The molecule has 356 valence electrons. The Kier molecular flexibility index (Phi) is 17.4. The predicted molar refractivity (Wildman–Crippen MR) is 252 cm³/mol. The number of nitrogens with zero attached hydrogens (tertiary/aromatic N) is 2. The molecule has 23 heteroatoms. The second-order valence-electron chi connectivity index (χ2n) is 16.2. The normalized spacial score (nSPS) is 24.1. The molecule has 21 nitrogen and oxygen atoms in total. The molecule has 4 aromatic rings. The van der Waals surface area contributed by atoms with Crippen molar-refractivity contribution in [2.24, 2.45) is 5.73 Å². The number of hydrogen-bond donors (Lipinski definition) is 11. The minimum Gasteiger partial charge on any atom is -0.370 e. The highest BCUT2D eigenvalue weighted by molar-refractivity contribution is 8.76. The Balaban J connectivity index is 1.35. The molecule has 8 amide bonds. The van der Waals surface area contributed by atoms with Crippen molar-refractivity contribution in [3.05, 3.63) is 90.1 Å². The summed E-state index contributed by atoms with van der Waals surface area (Å²) in [7, 11) is 2.59. The Labute approximate surface area is 393 Å². The highest BCUT2D eigenvalue weighted by atomic mass is 33.1. The Morgan fingerprint density at radius 2 is 1.43 bits per heavy atom. The molecular formula is C44H55N13O8S2. The first-order valence-electron chi connectivity index (χ1n) is 21.7. The van der Waals surface area contributed by atoms with E-state index in [1.807, 2.05) is 24.3 Å². The zero-order valence-corrected chi connectivity index (χ0v) is 38.5. The number of aromatic nitrogens is 3. The molecule has 0 spiro atoms. The molecule has 2 bridgehead atoms. The lowest BCUT2D eigenvalue weighted by atomic mass is 10.0. The smallest absolute Gasteiger partial charge is 0.325 e. The van der Waals surface area contributed by atoms with Gasteiger partial charge in [0.15, 0.2) is 11.7 Å². The third kappa shape index (κ3) is 13.6. The molecule has 12 N–H and O–H groups in total. The van der Waals surface area contributed by atoms with E-state index in [0.29, 0.717) is 22.6 Å². The zero-order valence-electron chi connectivity index (χ0n) is 36.9. The summed E-state index contributed by atoms with van der Waals surface area (Å²) in [5, 5.41) is 27.6. The molecule has 2 saturated heterocycles. The van der Waals surface area contributed by atoms with Gasteiger partial charge in [-0.15, -0.1) is 0 Å². The van der Waals surface area contributed by atoms with E-state index in [9.17, 15) is 38.4 Å². The Hall–Kier alpha value is -6.88. The van der Waals surface area contributed by atoms with E-state index in [0.717, 1.165) is 15.8 Å². The van der Waals surface area contributed by atoms with Gasteiger partial charge in [0.25, 0.3) is 5.91 Å². The van der Waals surface area contributed by atoms with E-state index in [4.69, 9.17) is 11.1 Å². The van der Waals surface area contributed by atoms with Crippen molar-refractivity contribution in [1.29, 1.82) is 5.41 Å². The van der Waals surface area contributed by atoms with Crippen LogP contribution in [0.5, 0.6) is 0 Å². The molecule has 2 aromatic heterocycles. The van der Waals surface area contributed by atoms with Gasteiger partial charge in [-0.3, -0.25) is 43.9 Å². The number of amides is 8. The third-order valence-corrected chi connectivity index (χ3v) is 13.8. The van der Waals surface area contributed by atoms with Crippen LogP contribution in [0.1, 0.15) is 49.9 Å². The van der Waals surface area contributed by atoms with Crippen molar-refractivity contribution < 1.29 is 38.4 Å². The third-order valence-electron chi connectivity index (χ3n) is 11.3. The van der Waals surface area contributed by atoms with E-state index in [1.54, 1.807) is 36.5 Å². The van der Waals surface area contributed by atoms with Crippen LogP contribution in [0.15, 0.2) is 73.3 Å². The number of ketones is 1. The van der Waals surface area contributed by atoms with Crippen molar-refractivity contribution in [3.63, 3.8) is 0 Å². The summed E-state index contributed by atoms with van der Waals surface area (Å²) in [4.78, 5) is 122. The molecule has 7 atom stereocenters. The molecule has 2 aromatic carbocycles. The molecular weight excluding hydrogens is 903 g/mol. The number of rotatable bonds is 11. The summed E-state index contributed by atoms with van der Waals surface area (Å²) in [6.07, 6.45) is 4.79. The fourth-order valence-corrected chi connectivity index (χ4v) is 9.96. The van der Waals surface area contributed by atoms with Gasteiger partial charge < -0.3 is 52.9 Å². The molecule has 2 aliphatic rings. The highest BCUT2D eigenvalue weighted by Crippen LogP contribution is 2.26. The maximum atomic E-state index is 14.5. The number of Topliss-reactive ketones (excluding diaryl/α,β-unsaturated/α-hetero) is 1. The van der Waals surface area contributed by atoms with Crippen LogP contribution < -0.4 is 43.0 Å². The minimum absolute atomic E-state index is 0.00470. The van der Waals surface area contributed by atoms with Crippen LogP contribution in [-0.4, -0.2) is 133 Å². The van der Waals surface area contributed by atoms with Crippen molar-refractivity contribution in [2.75, 3.05) is 18.1 Å². The largest absolute Gasteiger partial charge is 0.370 e. The Morgan fingerprint density at radius 3 is 2.13 bits per heavy atom. The van der Waals surface area contributed by atoms with E-state index in [2.05, 4.69) is 52.2 Å². The second kappa shape index (κ2) is 23.5. The topological polar surface area (TPSA) is 318 Å². The lowest BCUT2D eigenvalue weighted by Crippen LogP contribution is -2.60. The van der Waals surface area contributed by atoms with Crippen LogP contribution in [-0.2, 0) is 52.8 Å². The summed E-state index contributed by atoms with van der Waals surface area (Å²) in [5.74, 6) is -4.59. The monoisotopic (exact) mass is 957 g/mol. The number of hydrogen-bond acceptors (Lipinski definition) is 12. The van der Waals surface area contributed by atoms with Gasteiger partial charge in [0.05, 0.1) is 12.4 Å². The van der Waals surface area contributed by atoms with Gasteiger partial charge in [-0.05, 0) is 50.3 Å². The molecule has 0 radical (unpaired) electrons. The number of urea groups is 1. The first kappa shape index (κ1) is 49.6. The summed E-state index contributed by atoms with van der Waals surface area (Å²) >= 11 is 0. The van der Waals surface area contributed by atoms with E-state index < -0.39 is 83.8 Å². The molecule has 0 saturated carbocycles. The predicted octanol–water partition coefficient (Wildman–Crippen LogP) is 0.289. The average molecular weight is 958 g/mol. The number of fused-ring (bicyclic) bond motifs is 3. The van der Waals surface area contributed by atoms with E-state index in [1.165, 1.54) is 48.0 Å². The van der Waals surface area contributed by atoms with Crippen LogP contribution in [0.3, 0.4) is 0 Å². The van der Waals surface area contributed by atoms with Crippen LogP contribution >= 0.6 is 21.6 Å². The second-order valence-corrected chi connectivity index (χ2v) is 18.8. The number of imide groups is 1. The first-order valence-corrected chi connectivity index (χ1v) is 24.2. The Bertz CT molecular complexity index is 2440. The summed E-state index contributed by atoms with van der Waals surface area (Å²) in [6, 6.07) is 6.91. The van der Waals surface area contributed by atoms with Crippen molar-refractivity contribution >= 4 is 85.7 Å². The minimum atomic E-state index is -1.35. The lowest BCUT2D eigenvalue weighted by Gasteiger charge is -2.28. The first-order chi connectivity index (χ1) is 32.2. The number of H-pyrrole nitrogens is 2. The number of carbonyl (C=O) groups excluding carboxylic acids is 8. The van der Waals surface area contributed by atoms with Gasteiger partial charge in [-0.25, -0.2) is 9.78 Å². The number of guanidine groups is 1. The summed E-state index contributed by atoms with van der Waals surface area (Å²) < 4.78 is 0. The number of nitrogens with two attached hydrogens (primary N) is 1. The number of imidazole rings is 1. The van der Waals surface area contributed by atoms with Crippen molar-refractivity contribution in [3.8, 4) is 0 Å². The molecule has 0 unspecified atom stereocenters. The van der Waals surface area contributed by atoms with Gasteiger partial charge in [-0.2, -0.15) is 0 Å². The quantitative estimate of drug-likeness (QED) is 0.0317. The van der Waals surface area contributed by atoms with E-state index >= 15 is 0 Å². The maximum absolute atomic E-state index is 14.5. The number of benzene rings is 2. The Morgan fingerprint density at radius 1 is 0.791 bits per heavy atom. The molecule has 2 fully saturated rings. The van der Waals surface area contributed by atoms with Gasteiger partial charge in [0.2, 0.25) is 29.5 Å². The van der Waals surface area contributed by atoms with Crippen molar-refractivity contribution in [1.82, 2.24) is 57.1 Å². The molecule has 6 rings (SSSR count). The van der Waals surface area contributed by atoms with E-state index in [-0.39, 0.29) is 62.6 Å². The highest BCUT2D eigenvalue weighted by Gasteiger charge is 2.43. The number of nitrogens with one attached hydrogen (secondary N) is 10. The molecule has 2 aliphatic heterocycles. The van der Waals surface area contributed by atoms with Gasteiger partial charge in [-0.1, -0.05) is 70.1 Å². The molecule has 4 heterocycles. The fraction of sp³-hybridized carbons (Fsp3) is 0.409. The number of aromatic amines is 2. The lowest BCUT2D eigenvalue weighted by molar-refractivity contribution is -0.137. The van der Waals surface area contributed by atoms with Crippen LogP contribution in [0.2, 0.25) is 0 Å². The average Bonchev–Trinajstić information content (AvgIpc) is 4.04. The zero-order chi connectivity index (χ0) is 48.0. The van der Waals surface area contributed by atoms with Gasteiger partial charge >= 0.3 is 6.03 Å². The standard InChI is InChI=1S/C44H55N13O8S2/c1-24-37(59)52-35(19-28-21-47-23-50-28)41(63)53-33(17-26-9-4-3-5-10-26)39(61)51-31(13-8-15-48-43(45)46)38(60)54-34(18-27-20-49-30-12-7-6-11-29(27)30)40(62)55-36(25(2)58)22-67-66-16-14-32-42(64)57(24)44(65)56-32/h3-7,9-12,20-21,23-24,31-36,49H,8,13-19,22H2,1-2H3,(H,47,50)(H,51,61)(H,52,59)(H,53,63)(H,54,60)(H,55,62)(H,56,65)(H4,45,46,48)/t24-,31+,32+,33-,34+,35+,36+/m1/s1. The van der Waals surface area contributed by atoms with Crippen LogP contribution in [0.25, 0.3) is 10.9 Å². The number of para-hydroxylation sites is 1. The molecule has 67 heavy (non-hydrogen) atoms. The maximum Gasteiger partial charge on any atom is 0.325 e. The van der Waals surface area contributed by atoms with Crippen LogP contribution in [0.4, 0.5) is 4.79 Å². The number of carbonyl (C=O) groups is 8. The molecule has 0 aliphatic carbocycles. The fourth-order valence-electron chi connectivity index (χ4n) is 7.62.